The van der Waals surface area contributed by atoms with E-state index in [9.17, 15) is 4.79 Å². The maximum Gasteiger partial charge on any atom is 0.225 e. The summed E-state index contributed by atoms with van der Waals surface area (Å²) in [5, 5.41) is 0. The molecular weight excluding hydrogens is 138 g/mol. The number of hydrogen-bond acceptors (Lipinski definition) is 1. The van der Waals surface area contributed by atoms with Crippen molar-refractivity contribution >= 4 is 5.91 Å². The SMILES string of the molecule is C[C@@H]1C[C@H]2[C@H](C)CCN2C1=O. The molecule has 2 nitrogen and oxygen atoms in total. The zero-order valence-electron chi connectivity index (χ0n) is 7.21. The fraction of sp³-hybridized carbons (Fsp3) is 0.889. The van der Waals surface area contributed by atoms with E-state index < -0.39 is 0 Å². The summed E-state index contributed by atoms with van der Waals surface area (Å²) >= 11 is 0. The van der Waals surface area contributed by atoms with Gasteiger partial charge in [0.25, 0.3) is 0 Å². The Labute approximate surface area is 67.6 Å². The van der Waals surface area contributed by atoms with E-state index in [0.29, 0.717) is 17.9 Å². The fourth-order valence-corrected chi connectivity index (χ4v) is 2.39. The van der Waals surface area contributed by atoms with E-state index in [0.717, 1.165) is 18.9 Å². The Morgan fingerprint density at radius 2 is 2.18 bits per heavy atom. The Morgan fingerprint density at radius 1 is 1.45 bits per heavy atom. The second kappa shape index (κ2) is 2.23. The molecule has 1 amide bonds. The molecule has 0 aromatic carbocycles. The van der Waals surface area contributed by atoms with Gasteiger partial charge in [-0.3, -0.25) is 4.79 Å². The largest absolute Gasteiger partial charge is 0.339 e. The van der Waals surface area contributed by atoms with Crippen LogP contribution in [0.3, 0.4) is 0 Å². The molecule has 2 rings (SSSR count). The summed E-state index contributed by atoms with van der Waals surface area (Å²) in [5.41, 5.74) is 0. The van der Waals surface area contributed by atoms with Crippen LogP contribution in [0.2, 0.25) is 0 Å². The highest BCUT2D eigenvalue weighted by molar-refractivity contribution is 5.81. The van der Waals surface area contributed by atoms with Crippen molar-refractivity contribution in [2.24, 2.45) is 11.8 Å². The van der Waals surface area contributed by atoms with Gasteiger partial charge in [-0.2, -0.15) is 0 Å². The molecule has 0 bridgehead atoms. The van der Waals surface area contributed by atoms with Crippen molar-refractivity contribution in [3.05, 3.63) is 0 Å². The molecule has 2 aliphatic heterocycles. The Bertz CT molecular complexity index is 190. The van der Waals surface area contributed by atoms with Crippen LogP contribution in [0.15, 0.2) is 0 Å². The average molecular weight is 153 g/mol. The second-order valence-electron chi connectivity index (χ2n) is 4.00. The smallest absolute Gasteiger partial charge is 0.225 e. The van der Waals surface area contributed by atoms with Gasteiger partial charge in [0.2, 0.25) is 5.91 Å². The zero-order chi connectivity index (χ0) is 8.01. The Morgan fingerprint density at radius 3 is 2.82 bits per heavy atom. The van der Waals surface area contributed by atoms with Crippen LogP contribution in [0.25, 0.3) is 0 Å². The summed E-state index contributed by atoms with van der Waals surface area (Å²) < 4.78 is 0. The third kappa shape index (κ3) is 0.883. The number of nitrogens with zero attached hydrogens (tertiary/aromatic N) is 1. The molecule has 2 saturated heterocycles. The summed E-state index contributed by atoms with van der Waals surface area (Å²) in [7, 11) is 0. The number of amides is 1. The van der Waals surface area contributed by atoms with Crippen molar-refractivity contribution in [2.45, 2.75) is 32.7 Å². The van der Waals surface area contributed by atoms with E-state index in [1.807, 2.05) is 6.92 Å². The summed E-state index contributed by atoms with van der Waals surface area (Å²) in [5.74, 6) is 1.42. The third-order valence-electron chi connectivity index (χ3n) is 3.18. The van der Waals surface area contributed by atoms with Crippen LogP contribution in [0.4, 0.5) is 0 Å². The van der Waals surface area contributed by atoms with E-state index in [2.05, 4.69) is 11.8 Å². The van der Waals surface area contributed by atoms with Crippen molar-refractivity contribution < 1.29 is 4.79 Å². The normalized spacial score (nSPS) is 43.3. The molecule has 0 saturated carbocycles. The van der Waals surface area contributed by atoms with E-state index in [-0.39, 0.29) is 0 Å². The summed E-state index contributed by atoms with van der Waals surface area (Å²) in [6.45, 7) is 5.32. The number of hydrogen-bond donors (Lipinski definition) is 0. The summed E-state index contributed by atoms with van der Waals surface area (Å²) in [6.07, 6.45) is 2.31. The molecule has 11 heavy (non-hydrogen) atoms. The first kappa shape index (κ1) is 7.14. The van der Waals surface area contributed by atoms with Crippen LogP contribution < -0.4 is 0 Å². The van der Waals surface area contributed by atoms with E-state index in [1.165, 1.54) is 6.42 Å². The number of rotatable bonds is 0. The van der Waals surface area contributed by atoms with Crippen LogP contribution in [0, 0.1) is 11.8 Å². The van der Waals surface area contributed by atoms with Gasteiger partial charge in [-0.1, -0.05) is 13.8 Å². The molecule has 0 aromatic heterocycles. The lowest BCUT2D eigenvalue weighted by atomic mass is 9.97. The van der Waals surface area contributed by atoms with E-state index in [4.69, 9.17) is 0 Å². The number of carbonyl (C=O) groups excluding carboxylic acids is 1. The zero-order valence-corrected chi connectivity index (χ0v) is 7.21. The highest BCUT2D eigenvalue weighted by atomic mass is 16.2. The van der Waals surface area contributed by atoms with Crippen LogP contribution in [-0.2, 0) is 4.79 Å². The highest BCUT2D eigenvalue weighted by Gasteiger charge is 2.42. The van der Waals surface area contributed by atoms with E-state index >= 15 is 0 Å². The van der Waals surface area contributed by atoms with Crippen LogP contribution in [-0.4, -0.2) is 23.4 Å². The van der Waals surface area contributed by atoms with Crippen LogP contribution in [0.5, 0.6) is 0 Å². The molecule has 2 fully saturated rings. The van der Waals surface area contributed by atoms with Gasteiger partial charge < -0.3 is 4.90 Å². The first-order valence-corrected chi connectivity index (χ1v) is 4.50. The monoisotopic (exact) mass is 153 g/mol. The number of carbonyl (C=O) groups is 1. The first-order chi connectivity index (χ1) is 5.20. The minimum Gasteiger partial charge on any atom is -0.339 e. The molecule has 2 aliphatic rings. The molecule has 0 N–H and O–H groups in total. The van der Waals surface area contributed by atoms with Crippen molar-refractivity contribution in [1.29, 1.82) is 0 Å². The van der Waals surface area contributed by atoms with Crippen LogP contribution >= 0.6 is 0 Å². The molecule has 2 heterocycles. The molecule has 2 heteroatoms. The maximum absolute atomic E-state index is 11.5. The molecule has 0 aromatic rings. The maximum atomic E-state index is 11.5. The lowest BCUT2D eigenvalue weighted by Crippen LogP contribution is -2.29. The standard InChI is InChI=1S/C9H15NO/c1-6-3-4-10-8(6)5-7(2)9(10)11/h6-8H,3-5H2,1-2H3/t6-,7-,8+/m1/s1. The van der Waals surface area contributed by atoms with Crippen molar-refractivity contribution in [1.82, 2.24) is 4.90 Å². The molecule has 62 valence electrons. The summed E-state index contributed by atoms with van der Waals surface area (Å²) in [4.78, 5) is 13.5. The topological polar surface area (TPSA) is 20.3 Å². The average Bonchev–Trinajstić information content (AvgIpc) is 2.43. The first-order valence-electron chi connectivity index (χ1n) is 4.50. The molecule has 3 atom stereocenters. The molecule has 0 spiro atoms. The minimum absolute atomic E-state index is 0.294. The van der Waals surface area contributed by atoms with Gasteiger partial charge in [-0.25, -0.2) is 0 Å². The molecule has 0 radical (unpaired) electrons. The van der Waals surface area contributed by atoms with Gasteiger partial charge >= 0.3 is 0 Å². The second-order valence-corrected chi connectivity index (χ2v) is 4.00. The van der Waals surface area contributed by atoms with Gasteiger partial charge in [0.15, 0.2) is 0 Å². The van der Waals surface area contributed by atoms with Crippen LogP contribution in [0.1, 0.15) is 26.7 Å². The predicted molar refractivity (Wildman–Crippen MR) is 43.1 cm³/mol. The summed E-state index contributed by atoms with van der Waals surface area (Å²) in [6, 6.07) is 0.581. The van der Waals surface area contributed by atoms with Gasteiger partial charge in [-0.15, -0.1) is 0 Å². The van der Waals surface area contributed by atoms with Crippen molar-refractivity contribution in [3.8, 4) is 0 Å². The fourth-order valence-electron chi connectivity index (χ4n) is 2.39. The van der Waals surface area contributed by atoms with Gasteiger partial charge in [0.05, 0.1) is 0 Å². The lowest BCUT2D eigenvalue weighted by Gasteiger charge is -2.16. The Balaban J connectivity index is 2.18. The highest BCUT2D eigenvalue weighted by Crippen LogP contribution is 2.35. The van der Waals surface area contributed by atoms with E-state index in [1.54, 1.807) is 0 Å². The third-order valence-corrected chi connectivity index (χ3v) is 3.18. The Kier molecular flexibility index (Phi) is 1.44. The predicted octanol–water partition coefficient (Wildman–Crippen LogP) is 1.26. The van der Waals surface area contributed by atoms with Gasteiger partial charge in [-0.05, 0) is 18.8 Å². The quantitative estimate of drug-likeness (QED) is 0.513. The molecular formula is C9H15NO. The van der Waals surface area contributed by atoms with Crippen molar-refractivity contribution in [3.63, 3.8) is 0 Å². The lowest BCUT2D eigenvalue weighted by molar-refractivity contribution is -0.130. The van der Waals surface area contributed by atoms with Gasteiger partial charge in [0, 0.05) is 18.5 Å². The van der Waals surface area contributed by atoms with Gasteiger partial charge in [0.1, 0.15) is 0 Å². The van der Waals surface area contributed by atoms with Crippen molar-refractivity contribution in [2.75, 3.05) is 6.54 Å². The molecule has 0 aliphatic carbocycles. The number of fused-ring (bicyclic) bond motifs is 1. The molecule has 0 unspecified atom stereocenters. The minimum atomic E-state index is 0.294. The Hall–Kier alpha value is -0.530.